The van der Waals surface area contributed by atoms with Gasteiger partial charge in [0.05, 0.1) is 6.61 Å². The Morgan fingerprint density at radius 3 is 2.76 bits per heavy atom. The lowest BCUT2D eigenvalue weighted by Crippen LogP contribution is -2.79. The first kappa shape index (κ1) is 24.7. The van der Waals surface area contributed by atoms with Crippen molar-refractivity contribution in [3.8, 4) is 0 Å². The zero-order valence-corrected chi connectivity index (χ0v) is 20.1. The number of pyridine rings is 1. The molecule has 2 aliphatic rings. The quantitative estimate of drug-likeness (QED) is 0.203. The number of thiol groups is 1. The number of carbonyl (C=O) groups is 1. The van der Waals surface area contributed by atoms with Gasteiger partial charge in [-0.25, -0.2) is 0 Å². The Balaban J connectivity index is 2.00. The van der Waals surface area contributed by atoms with Crippen LogP contribution in [0.2, 0.25) is 0 Å². The fourth-order valence-corrected chi connectivity index (χ4v) is 5.64. The highest BCUT2D eigenvalue weighted by Crippen LogP contribution is 2.58. The Kier molecular flexibility index (Phi) is 7.07. The summed E-state index contributed by atoms with van der Waals surface area (Å²) in [7, 11) is 1.31. The third-order valence-corrected chi connectivity index (χ3v) is 6.92. The molecule has 0 aliphatic carbocycles. The van der Waals surface area contributed by atoms with Gasteiger partial charge in [0, 0.05) is 36.5 Å². The fourth-order valence-electron chi connectivity index (χ4n) is 4.61. The number of hydrogen-bond acceptors (Lipinski definition) is 8. The summed E-state index contributed by atoms with van der Waals surface area (Å²) in [6.45, 7) is 1.88. The van der Waals surface area contributed by atoms with Gasteiger partial charge in [-0.3, -0.25) is 9.78 Å². The summed E-state index contributed by atoms with van der Waals surface area (Å²) in [6, 6.07) is 12.5. The maximum Gasteiger partial charge on any atom is 0.257 e. The molecule has 10 nitrogen and oxygen atoms in total. The summed E-state index contributed by atoms with van der Waals surface area (Å²) in [5, 5.41) is 5.26. The highest BCUT2D eigenvalue weighted by molar-refractivity contribution is 7.80. The van der Waals surface area contributed by atoms with Crippen molar-refractivity contribution in [3.05, 3.63) is 76.4 Å². The predicted octanol–water partition coefficient (Wildman–Crippen LogP) is 3.44. The minimum atomic E-state index is -1.98. The van der Waals surface area contributed by atoms with E-state index in [1.807, 2.05) is 30.3 Å². The second kappa shape index (κ2) is 9.71. The molecule has 1 amide bonds. The van der Waals surface area contributed by atoms with Crippen molar-refractivity contribution in [2.75, 3.05) is 20.3 Å². The molecular weight excluding hydrogens is 482 g/mol. The Morgan fingerprint density at radius 2 is 2.15 bits per heavy atom. The molecule has 2 saturated heterocycles. The normalized spacial score (nSPS) is 35.0. The second-order valence-corrected chi connectivity index (χ2v) is 8.93. The van der Waals surface area contributed by atoms with Gasteiger partial charge < -0.3 is 24.3 Å². The van der Waals surface area contributed by atoms with Crippen LogP contribution in [-0.4, -0.2) is 53.4 Å². The average Bonchev–Trinajstić information content (AvgIpc) is 2.85. The number of ether oxygens (including phenoxy) is 4. The molecule has 0 bridgehead atoms. The number of azide groups is 1. The van der Waals surface area contributed by atoms with E-state index in [-0.39, 0.29) is 13.2 Å². The van der Waals surface area contributed by atoms with Crippen molar-refractivity contribution in [2.24, 2.45) is 5.11 Å². The number of nitrogens with zero attached hydrogens (tertiary/aromatic N) is 4. The number of aromatic nitrogens is 1. The number of halogens is 1. The number of benzene rings is 1. The van der Waals surface area contributed by atoms with Crippen LogP contribution in [0.3, 0.4) is 0 Å². The van der Waals surface area contributed by atoms with Crippen LogP contribution in [0, 0.1) is 0 Å². The van der Waals surface area contributed by atoms with Crippen molar-refractivity contribution in [1.29, 1.82) is 0 Å². The third kappa shape index (κ3) is 3.64. The van der Waals surface area contributed by atoms with Crippen LogP contribution in [-0.2, 0) is 29.3 Å². The number of likely N-dealkylation sites (N-methyl/N-ethyl adjacent to an activating group) is 1. The molecule has 1 aromatic heterocycles. The van der Waals surface area contributed by atoms with Gasteiger partial charge >= 0.3 is 0 Å². The molecule has 2 fully saturated rings. The van der Waals surface area contributed by atoms with Crippen molar-refractivity contribution in [3.63, 3.8) is 0 Å². The molecule has 2 unspecified atom stereocenters. The van der Waals surface area contributed by atoms with E-state index in [1.165, 1.54) is 13.3 Å². The van der Waals surface area contributed by atoms with Gasteiger partial charge in [-0.15, -0.1) is 12.6 Å². The molecule has 1 N–H and O–H groups in total. The highest BCUT2D eigenvalue weighted by atomic mass is 35.5. The van der Waals surface area contributed by atoms with Crippen LogP contribution >= 0.6 is 24.2 Å². The Hall–Kier alpha value is -2.37. The predicted molar refractivity (Wildman–Crippen MR) is 126 cm³/mol. The van der Waals surface area contributed by atoms with Gasteiger partial charge in [-0.05, 0) is 24.1 Å². The molecule has 2 aromatic rings. The summed E-state index contributed by atoms with van der Waals surface area (Å²) < 4.78 is 24.2. The zero-order valence-electron chi connectivity index (χ0n) is 18.5. The largest absolute Gasteiger partial charge is 0.364 e. The fraction of sp³-hybridized carbons (Fsp3) is 0.455. The van der Waals surface area contributed by atoms with Crippen molar-refractivity contribution in [2.45, 2.75) is 41.0 Å². The van der Waals surface area contributed by atoms with Crippen LogP contribution in [0.25, 0.3) is 10.4 Å². The van der Waals surface area contributed by atoms with Crippen LogP contribution < -0.4 is 5.32 Å². The lowest BCUT2D eigenvalue weighted by atomic mass is 9.67. The van der Waals surface area contributed by atoms with E-state index in [1.54, 1.807) is 25.3 Å². The molecule has 0 radical (unpaired) electrons. The Morgan fingerprint density at radius 1 is 1.38 bits per heavy atom. The summed E-state index contributed by atoms with van der Waals surface area (Å²) in [6.07, 6.45) is 0.900. The van der Waals surface area contributed by atoms with Gasteiger partial charge in [0.1, 0.15) is 17.1 Å². The van der Waals surface area contributed by atoms with Gasteiger partial charge in [-0.2, -0.15) is 0 Å². The van der Waals surface area contributed by atoms with Crippen LogP contribution in [0.1, 0.15) is 24.3 Å². The van der Waals surface area contributed by atoms with E-state index in [0.29, 0.717) is 11.1 Å². The molecule has 2 aliphatic heterocycles. The van der Waals surface area contributed by atoms with Crippen LogP contribution in [0.4, 0.5) is 0 Å². The molecule has 34 heavy (non-hydrogen) atoms. The SMILES string of the molecule is CCNC(=O)[C@]1(OC)[C@@H](S)O[C@@]2(Cl)COC(c3ccccc3)O[C@@H]2C1(N=[N+]=[N-])c1cccnc1. The number of amides is 1. The Labute approximate surface area is 206 Å². The number of hydrogen-bond donors (Lipinski definition) is 2. The smallest absolute Gasteiger partial charge is 0.257 e. The first-order chi connectivity index (χ1) is 16.4. The van der Waals surface area contributed by atoms with E-state index < -0.39 is 39.9 Å². The highest BCUT2D eigenvalue weighted by Gasteiger charge is 2.75. The average molecular weight is 506 g/mol. The second-order valence-electron chi connectivity index (χ2n) is 7.82. The minimum absolute atomic E-state index is 0.145. The van der Waals surface area contributed by atoms with Crippen LogP contribution in [0.5, 0.6) is 0 Å². The van der Waals surface area contributed by atoms with Gasteiger partial charge in [0.2, 0.25) is 0 Å². The number of alkyl halides is 1. The number of carbonyl (C=O) groups excluding carboxylic acids is 1. The van der Waals surface area contributed by atoms with Crippen molar-refractivity contribution in [1.82, 2.24) is 10.3 Å². The first-order valence-electron chi connectivity index (χ1n) is 10.6. The van der Waals surface area contributed by atoms with Gasteiger partial charge in [0.15, 0.2) is 17.0 Å². The molecule has 180 valence electrons. The summed E-state index contributed by atoms with van der Waals surface area (Å²) in [5.74, 6) is -0.612. The van der Waals surface area contributed by atoms with E-state index in [4.69, 9.17) is 30.5 Å². The zero-order chi connectivity index (χ0) is 24.4. The molecule has 4 rings (SSSR count). The number of rotatable bonds is 6. The Bertz CT molecular complexity index is 1080. The minimum Gasteiger partial charge on any atom is -0.364 e. The van der Waals surface area contributed by atoms with E-state index >= 15 is 0 Å². The number of methoxy groups -OCH3 is 1. The molecular formula is C22H24ClN5O5S. The lowest BCUT2D eigenvalue weighted by molar-refractivity contribution is -0.345. The van der Waals surface area contributed by atoms with Crippen molar-refractivity contribution >= 4 is 30.1 Å². The lowest BCUT2D eigenvalue weighted by Gasteiger charge is -2.60. The molecule has 0 spiro atoms. The van der Waals surface area contributed by atoms with Gasteiger partial charge in [-0.1, -0.05) is 53.1 Å². The van der Waals surface area contributed by atoms with E-state index in [0.717, 1.165) is 0 Å². The van der Waals surface area contributed by atoms with Crippen LogP contribution in [0.15, 0.2) is 60.0 Å². The molecule has 3 heterocycles. The third-order valence-electron chi connectivity index (χ3n) is 6.06. The topological polar surface area (TPSA) is 128 Å². The summed E-state index contributed by atoms with van der Waals surface area (Å²) >= 11 is 11.5. The van der Waals surface area contributed by atoms with Gasteiger partial charge in [0.25, 0.3) is 5.91 Å². The van der Waals surface area contributed by atoms with E-state index in [9.17, 15) is 10.3 Å². The molecule has 0 saturated carbocycles. The first-order valence-corrected chi connectivity index (χ1v) is 11.5. The summed E-state index contributed by atoms with van der Waals surface area (Å²) in [5.41, 5.74) is 5.69. The number of fused-ring (bicyclic) bond motifs is 1. The standard InChI is InChI=1S/C22H24ClN5O5S/c1-3-26-18(29)22(30-2)19(34)33-20(23)13-31-16(14-8-5-4-6-9-14)32-17(20)21(22,27-28-24)15-10-7-11-25-12-15/h4-12,16-17,19,34H,3,13H2,1-2H3,(H,26,29)/t16?,17-,19+,20-,21?,22-/m0/s1. The number of nitrogens with one attached hydrogen (secondary N) is 1. The molecule has 6 atom stereocenters. The maximum atomic E-state index is 13.7. The van der Waals surface area contributed by atoms with Crippen molar-refractivity contribution < 1.29 is 23.7 Å². The maximum absolute atomic E-state index is 13.7. The molecule has 1 aromatic carbocycles. The van der Waals surface area contributed by atoms with E-state index in [2.05, 4.69) is 33.0 Å². The monoisotopic (exact) mass is 505 g/mol. The molecule has 12 heteroatoms. The summed E-state index contributed by atoms with van der Waals surface area (Å²) in [4.78, 5) is 21.0.